The quantitative estimate of drug-likeness (QED) is 0.803. The van der Waals surface area contributed by atoms with Crippen LogP contribution in [0.25, 0.3) is 0 Å². The van der Waals surface area contributed by atoms with Crippen LogP contribution in [0.2, 0.25) is 5.02 Å². The molecule has 0 unspecified atom stereocenters. The minimum atomic E-state index is -0.0184. The third-order valence-electron chi connectivity index (χ3n) is 5.41. The van der Waals surface area contributed by atoms with E-state index >= 15 is 0 Å². The molecular weight excluding hydrogens is 338 g/mol. The van der Waals surface area contributed by atoms with Crippen LogP contribution < -0.4 is 4.74 Å². The van der Waals surface area contributed by atoms with Gasteiger partial charge in [-0.25, -0.2) is 0 Å². The lowest BCUT2D eigenvalue weighted by Gasteiger charge is -2.38. The van der Waals surface area contributed by atoms with E-state index in [4.69, 9.17) is 16.3 Å². The van der Waals surface area contributed by atoms with Gasteiger partial charge < -0.3 is 9.64 Å². The Bertz CT molecular complexity index is 596. The number of piperazine rings is 1. The van der Waals surface area contributed by atoms with Gasteiger partial charge in [-0.1, -0.05) is 17.7 Å². The maximum Gasteiger partial charge on any atom is 0.239 e. The van der Waals surface area contributed by atoms with Gasteiger partial charge in [0.2, 0.25) is 5.91 Å². The predicted octanol–water partition coefficient (Wildman–Crippen LogP) is 2.48. The van der Waals surface area contributed by atoms with Gasteiger partial charge in [-0.05, 0) is 31.9 Å². The summed E-state index contributed by atoms with van der Waals surface area (Å²) in [6, 6.07) is 5.75. The van der Waals surface area contributed by atoms with E-state index in [2.05, 4.69) is 9.80 Å². The molecule has 138 valence electrons. The molecule has 0 saturated carbocycles. The van der Waals surface area contributed by atoms with Crippen molar-refractivity contribution in [1.29, 1.82) is 0 Å². The number of hydrogen-bond acceptors (Lipinski definition) is 4. The summed E-state index contributed by atoms with van der Waals surface area (Å²) in [7, 11) is 1.68. The van der Waals surface area contributed by atoms with Crippen LogP contribution in [-0.4, -0.2) is 73.0 Å². The average Bonchev–Trinajstić information content (AvgIpc) is 3.17. The first-order chi connectivity index (χ1) is 12.1. The van der Waals surface area contributed by atoms with Crippen molar-refractivity contribution in [3.8, 4) is 5.75 Å². The maximum absolute atomic E-state index is 12.6. The van der Waals surface area contributed by atoms with E-state index in [1.54, 1.807) is 7.11 Å². The molecule has 0 spiro atoms. The van der Waals surface area contributed by atoms with Crippen LogP contribution in [0.5, 0.6) is 5.75 Å². The third-order valence-corrected chi connectivity index (χ3v) is 5.76. The Morgan fingerprint density at radius 3 is 2.48 bits per heavy atom. The lowest BCUT2D eigenvalue weighted by atomic mass is 10.1. The molecular formula is C19H28ClN3O2. The number of ether oxygens (including phenoxy) is 1. The summed E-state index contributed by atoms with van der Waals surface area (Å²) < 4.78 is 5.44. The molecule has 1 aromatic carbocycles. The van der Waals surface area contributed by atoms with E-state index in [-0.39, 0.29) is 6.04 Å². The summed E-state index contributed by atoms with van der Waals surface area (Å²) in [6.07, 6.45) is 2.29. The zero-order valence-corrected chi connectivity index (χ0v) is 16.0. The highest BCUT2D eigenvalue weighted by Gasteiger charge is 2.30. The summed E-state index contributed by atoms with van der Waals surface area (Å²) in [5.74, 6) is 1.13. The standard InChI is InChI=1S/C19H28ClN3O2/c1-15(19(24)23-8-3-4-9-23)22-12-10-21(11-13-22)14-16-17(20)6-5-7-18(16)25-2/h5-7,15H,3-4,8-14H2,1-2H3/t15-/m0/s1. The van der Waals surface area contributed by atoms with Gasteiger partial charge in [0.1, 0.15) is 5.75 Å². The molecule has 25 heavy (non-hydrogen) atoms. The Morgan fingerprint density at radius 1 is 1.16 bits per heavy atom. The summed E-state index contributed by atoms with van der Waals surface area (Å²) >= 11 is 6.35. The molecule has 1 atom stereocenters. The van der Waals surface area contributed by atoms with Gasteiger partial charge in [-0.15, -0.1) is 0 Å². The third kappa shape index (κ3) is 4.27. The molecule has 0 aliphatic carbocycles. The number of halogens is 1. The van der Waals surface area contributed by atoms with Crippen LogP contribution in [0.3, 0.4) is 0 Å². The van der Waals surface area contributed by atoms with Gasteiger partial charge in [0.05, 0.1) is 13.2 Å². The second kappa shape index (κ2) is 8.39. The highest BCUT2D eigenvalue weighted by Crippen LogP contribution is 2.28. The van der Waals surface area contributed by atoms with Crippen LogP contribution >= 0.6 is 11.6 Å². The zero-order valence-electron chi connectivity index (χ0n) is 15.2. The number of likely N-dealkylation sites (tertiary alicyclic amines) is 1. The van der Waals surface area contributed by atoms with Gasteiger partial charge in [-0.2, -0.15) is 0 Å². The molecule has 0 radical (unpaired) electrons. The number of rotatable bonds is 5. The minimum Gasteiger partial charge on any atom is -0.496 e. The number of amides is 1. The Morgan fingerprint density at radius 2 is 1.84 bits per heavy atom. The van der Waals surface area contributed by atoms with E-state index in [9.17, 15) is 4.79 Å². The van der Waals surface area contributed by atoms with Crippen LogP contribution in [-0.2, 0) is 11.3 Å². The highest BCUT2D eigenvalue weighted by molar-refractivity contribution is 6.31. The van der Waals surface area contributed by atoms with Crippen LogP contribution in [0.1, 0.15) is 25.3 Å². The molecule has 0 N–H and O–H groups in total. The normalized spacial score (nSPS) is 20.7. The molecule has 0 bridgehead atoms. The van der Waals surface area contributed by atoms with E-state index in [0.29, 0.717) is 5.91 Å². The summed E-state index contributed by atoms with van der Waals surface area (Å²) in [4.78, 5) is 19.3. The fourth-order valence-corrected chi connectivity index (χ4v) is 4.00. The fraction of sp³-hybridized carbons (Fsp3) is 0.632. The van der Waals surface area contributed by atoms with Crippen molar-refractivity contribution in [3.05, 3.63) is 28.8 Å². The monoisotopic (exact) mass is 365 g/mol. The number of carbonyl (C=O) groups is 1. The molecule has 6 heteroatoms. The van der Waals surface area contributed by atoms with Gasteiger partial charge in [0.25, 0.3) is 0 Å². The number of methoxy groups -OCH3 is 1. The Hall–Kier alpha value is -1.30. The van der Waals surface area contributed by atoms with Crippen molar-refractivity contribution >= 4 is 17.5 Å². The Balaban J connectivity index is 1.54. The van der Waals surface area contributed by atoms with Crippen molar-refractivity contribution in [2.45, 2.75) is 32.4 Å². The van der Waals surface area contributed by atoms with Gasteiger partial charge in [0.15, 0.2) is 0 Å². The minimum absolute atomic E-state index is 0.0184. The van der Waals surface area contributed by atoms with Crippen molar-refractivity contribution < 1.29 is 9.53 Å². The molecule has 2 fully saturated rings. The smallest absolute Gasteiger partial charge is 0.239 e. The molecule has 1 aromatic rings. The molecule has 3 rings (SSSR count). The number of nitrogens with zero attached hydrogens (tertiary/aromatic N) is 3. The molecule has 2 aliphatic heterocycles. The summed E-state index contributed by atoms with van der Waals surface area (Å²) in [5.41, 5.74) is 1.04. The highest BCUT2D eigenvalue weighted by atomic mass is 35.5. The van der Waals surface area contributed by atoms with Crippen molar-refractivity contribution in [3.63, 3.8) is 0 Å². The first kappa shape index (κ1) is 18.5. The SMILES string of the molecule is COc1cccc(Cl)c1CN1CCN([C@@H](C)C(=O)N2CCCC2)CC1. The van der Waals surface area contributed by atoms with E-state index in [1.165, 1.54) is 0 Å². The molecule has 5 nitrogen and oxygen atoms in total. The first-order valence-corrected chi connectivity index (χ1v) is 9.54. The van der Waals surface area contributed by atoms with E-state index in [0.717, 1.165) is 75.0 Å². The summed E-state index contributed by atoms with van der Waals surface area (Å²) in [5, 5.41) is 0.749. The maximum atomic E-state index is 12.6. The largest absolute Gasteiger partial charge is 0.496 e. The first-order valence-electron chi connectivity index (χ1n) is 9.16. The van der Waals surface area contributed by atoms with E-state index < -0.39 is 0 Å². The predicted molar refractivity (Wildman–Crippen MR) is 100 cm³/mol. The van der Waals surface area contributed by atoms with Crippen molar-refractivity contribution in [2.24, 2.45) is 0 Å². The van der Waals surface area contributed by atoms with Gasteiger partial charge in [0, 0.05) is 56.4 Å². The average molecular weight is 366 g/mol. The van der Waals surface area contributed by atoms with Crippen LogP contribution in [0, 0.1) is 0 Å². The van der Waals surface area contributed by atoms with Gasteiger partial charge >= 0.3 is 0 Å². The molecule has 2 heterocycles. The lowest BCUT2D eigenvalue weighted by molar-refractivity contribution is -0.136. The molecule has 2 aliphatic rings. The summed E-state index contributed by atoms with van der Waals surface area (Å²) in [6.45, 7) is 8.38. The topological polar surface area (TPSA) is 36.0 Å². The molecule has 2 saturated heterocycles. The van der Waals surface area contributed by atoms with Gasteiger partial charge in [-0.3, -0.25) is 14.6 Å². The van der Waals surface area contributed by atoms with Crippen LogP contribution in [0.15, 0.2) is 18.2 Å². The zero-order chi connectivity index (χ0) is 17.8. The van der Waals surface area contributed by atoms with Crippen molar-refractivity contribution in [1.82, 2.24) is 14.7 Å². The number of hydrogen-bond donors (Lipinski definition) is 0. The fourth-order valence-electron chi connectivity index (χ4n) is 3.77. The second-order valence-corrected chi connectivity index (χ2v) is 7.35. The second-order valence-electron chi connectivity index (χ2n) is 6.94. The number of benzene rings is 1. The lowest BCUT2D eigenvalue weighted by Crippen LogP contribution is -2.54. The Labute approximate surface area is 155 Å². The molecule has 1 amide bonds. The number of carbonyl (C=O) groups excluding carboxylic acids is 1. The van der Waals surface area contributed by atoms with Crippen molar-refractivity contribution in [2.75, 3.05) is 46.4 Å². The van der Waals surface area contributed by atoms with Crippen LogP contribution in [0.4, 0.5) is 0 Å². The Kier molecular flexibility index (Phi) is 6.20. The van der Waals surface area contributed by atoms with E-state index in [1.807, 2.05) is 30.0 Å². The molecule has 0 aromatic heterocycles.